The summed E-state index contributed by atoms with van der Waals surface area (Å²) in [6.07, 6.45) is 1.38. The van der Waals surface area contributed by atoms with Crippen molar-refractivity contribution < 1.29 is 14.4 Å². The van der Waals surface area contributed by atoms with Crippen LogP contribution >= 0.6 is 0 Å². The van der Waals surface area contributed by atoms with E-state index in [2.05, 4.69) is 9.98 Å². The minimum absolute atomic E-state index is 0.255. The summed E-state index contributed by atoms with van der Waals surface area (Å²) in [7, 11) is 0. The first kappa shape index (κ1) is 18.5. The molecule has 1 N–H and O–H groups in total. The number of benzene rings is 4. The number of nitrogens with zero attached hydrogens (tertiary/aromatic N) is 3. The largest absolute Gasteiger partial charge is 0.502 e. The number of hydrogen-bond donors (Lipinski definition) is 1. The van der Waals surface area contributed by atoms with Crippen molar-refractivity contribution in [2.45, 2.75) is 0 Å². The van der Waals surface area contributed by atoms with E-state index in [0.29, 0.717) is 22.7 Å². The quantitative estimate of drug-likeness (QED) is 0.222. The van der Waals surface area contributed by atoms with Crippen LogP contribution in [0, 0.1) is 10.1 Å². The van der Waals surface area contributed by atoms with Gasteiger partial charge >= 0.3 is 5.69 Å². The van der Waals surface area contributed by atoms with E-state index in [-0.39, 0.29) is 11.3 Å². The Balaban J connectivity index is 1.51. The highest BCUT2D eigenvalue weighted by atomic mass is 16.6. The molecule has 0 aliphatic rings. The highest BCUT2D eigenvalue weighted by Gasteiger charge is 2.15. The van der Waals surface area contributed by atoms with Gasteiger partial charge in [-0.15, -0.1) is 0 Å². The van der Waals surface area contributed by atoms with Crippen molar-refractivity contribution >= 4 is 39.5 Å². The van der Waals surface area contributed by atoms with Gasteiger partial charge in [0.25, 0.3) is 0 Å². The number of para-hydroxylation sites is 1. The summed E-state index contributed by atoms with van der Waals surface area (Å²) >= 11 is 0. The molecule has 5 aromatic rings. The molecule has 0 fully saturated rings. The Morgan fingerprint density at radius 3 is 2.68 bits per heavy atom. The summed E-state index contributed by atoms with van der Waals surface area (Å²) in [5.41, 5.74) is 2.64. The second-order valence-corrected chi connectivity index (χ2v) is 6.93. The summed E-state index contributed by atoms with van der Waals surface area (Å²) < 4.78 is 5.96. The molecule has 5 rings (SSSR count). The Labute approximate surface area is 176 Å². The van der Waals surface area contributed by atoms with Gasteiger partial charge in [0, 0.05) is 23.4 Å². The van der Waals surface area contributed by atoms with E-state index in [4.69, 9.17) is 4.42 Å². The van der Waals surface area contributed by atoms with Crippen LogP contribution in [0.1, 0.15) is 5.56 Å². The lowest BCUT2D eigenvalue weighted by Crippen LogP contribution is -1.91. The summed E-state index contributed by atoms with van der Waals surface area (Å²) in [6, 6.07) is 23.6. The molecule has 150 valence electrons. The number of nitro groups is 1. The van der Waals surface area contributed by atoms with Crippen LogP contribution in [0.5, 0.6) is 5.75 Å². The molecule has 1 heterocycles. The van der Waals surface area contributed by atoms with Gasteiger partial charge in [0.1, 0.15) is 5.52 Å². The Morgan fingerprint density at radius 2 is 1.81 bits per heavy atom. The van der Waals surface area contributed by atoms with Crippen LogP contribution in [0.15, 0.2) is 88.3 Å². The summed E-state index contributed by atoms with van der Waals surface area (Å²) in [5.74, 6) is 0.0984. The van der Waals surface area contributed by atoms with Gasteiger partial charge in [0.15, 0.2) is 5.58 Å². The van der Waals surface area contributed by atoms with Crippen LogP contribution < -0.4 is 0 Å². The number of hydrogen-bond acceptors (Lipinski definition) is 6. The molecule has 31 heavy (non-hydrogen) atoms. The van der Waals surface area contributed by atoms with E-state index < -0.39 is 10.7 Å². The van der Waals surface area contributed by atoms with Crippen molar-refractivity contribution in [2.75, 3.05) is 0 Å². The Hall–Kier alpha value is -4.52. The highest BCUT2D eigenvalue weighted by Crippen LogP contribution is 2.32. The average Bonchev–Trinajstić information content (AvgIpc) is 3.21. The molecular formula is C24H15N3O4. The van der Waals surface area contributed by atoms with E-state index >= 15 is 0 Å². The molecule has 0 amide bonds. The summed E-state index contributed by atoms with van der Waals surface area (Å²) in [6.45, 7) is 0. The van der Waals surface area contributed by atoms with Crippen molar-refractivity contribution in [3.8, 4) is 17.2 Å². The zero-order chi connectivity index (χ0) is 21.4. The van der Waals surface area contributed by atoms with Gasteiger partial charge in [-0.3, -0.25) is 15.1 Å². The van der Waals surface area contributed by atoms with Crippen LogP contribution in [0.25, 0.3) is 33.3 Å². The van der Waals surface area contributed by atoms with Crippen molar-refractivity contribution in [1.82, 2.24) is 4.98 Å². The topological polar surface area (TPSA) is 102 Å². The normalized spacial score (nSPS) is 11.5. The first-order valence-electron chi connectivity index (χ1n) is 9.49. The molecule has 0 unspecified atom stereocenters. The predicted octanol–water partition coefficient (Wildman–Crippen LogP) is 6.01. The highest BCUT2D eigenvalue weighted by molar-refractivity contribution is 5.96. The number of aromatic hydroxyl groups is 1. The zero-order valence-electron chi connectivity index (χ0n) is 16.1. The molecule has 0 spiro atoms. The third kappa shape index (κ3) is 3.38. The van der Waals surface area contributed by atoms with Crippen molar-refractivity contribution in [2.24, 2.45) is 4.99 Å². The molecule has 0 saturated carbocycles. The van der Waals surface area contributed by atoms with Crippen molar-refractivity contribution in [1.29, 1.82) is 0 Å². The lowest BCUT2D eigenvalue weighted by Gasteiger charge is -2.01. The smallest absolute Gasteiger partial charge is 0.311 e. The van der Waals surface area contributed by atoms with Gasteiger partial charge in [-0.2, -0.15) is 0 Å². The maximum Gasteiger partial charge on any atom is 0.311 e. The van der Waals surface area contributed by atoms with E-state index in [1.165, 1.54) is 18.3 Å². The number of aliphatic imine (C=N–C) groups is 1. The van der Waals surface area contributed by atoms with Gasteiger partial charge in [-0.1, -0.05) is 42.5 Å². The molecule has 0 atom stereocenters. The minimum atomic E-state index is -0.636. The van der Waals surface area contributed by atoms with Gasteiger partial charge in [0.05, 0.1) is 10.6 Å². The molecule has 1 aromatic heterocycles. The monoisotopic (exact) mass is 409 g/mol. The Bertz CT molecular complexity index is 1480. The van der Waals surface area contributed by atoms with E-state index in [9.17, 15) is 15.2 Å². The molecule has 7 heteroatoms. The molecule has 7 nitrogen and oxygen atoms in total. The second kappa shape index (κ2) is 7.38. The first-order chi connectivity index (χ1) is 15.1. The van der Waals surface area contributed by atoms with Crippen LogP contribution in [-0.4, -0.2) is 21.2 Å². The molecule has 0 aliphatic heterocycles. The third-order valence-corrected chi connectivity index (χ3v) is 4.99. The Morgan fingerprint density at radius 1 is 1.00 bits per heavy atom. The number of rotatable bonds is 4. The van der Waals surface area contributed by atoms with Crippen LogP contribution in [0.2, 0.25) is 0 Å². The molecular weight excluding hydrogens is 394 g/mol. The fourth-order valence-corrected chi connectivity index (χ4v) is 3.47. The van der Waals surface area contributed by atoms with Gasteiger partial charge in [-0.05, 0) is 41.1 Å². The van der Waals surface area contributed by atoms with Crippen LogP contribution in [0.4, 0.5) is 11.4 Å². The molecule has 0 radical (unpaired) electrons. The second-order valence-electron chi connectivity index (χ2n) is 6.93. The minimum Gasteiger partial charge on any atom is -0.502 e. The lowest BCUT2D eigenvalue weighted by atomic mass is 10.0. The maximum absolute atomic E-state index is 11.0. The number of phenolic OH excluding ortho intramolecular Hbond substituents is 1. The molecule has 0 saturated heterocycles. The van der Waals surface area contributed by atoms with E-state index in [1.807, 2.05) is 42.5 Å². The molecule has 4 aromatic carbocycles. The van der Waals surface area contributed by atoms with Crippen molar-refractivity contribution in [3.63, 3.8) is 0 Å². The van der Waals surface area contributed by atoms with Crippen LogP contribution in [0.3, 0.4) is 0 Å². The van der Waals surface area contributed by atoms with E-state index in [1.54, 1.807) is 24.3 Å². The number of oxazole rings is 1. The van der Waals surface area contributed by atoms with Gasteiger partial charge < -0.3 is 9.52 Å². The number of aromatic nitrogens is 1. The van der Waals surface area contributed by atoms with E-state index in [0.717, 1.165) is 16.3 Å². The lowest BCUT2D eigenvalue weighted by molar-refractivity contribution is -0.385. The zero-order valence-corrected chi connectivity index (χ0v) is 16.1. The summed E-state index contributed by atoms with van der Waals surface area (Å²) in [4.78, 5) is 19.3. The number of phenols is 1. The first-order valence-corrected chi connectivity index (χ1v) is 9.49. The molecule has 0 bridgehead atoms. The number of nitro benzene ring substituents is 1. The Kier molecular flexibility index (Phi) is 4.41. The van der Waals surface area contributed by atoms with Crippen molar-refractivity contribution in [3.05, 3.63) is 94.5 Å². The standard InChI is InChI=1S/C24H15N3O4/c28-23-16(7-4-10-21(23)27(29)30)14-25-17-11-12-22-20(13-17)26-24(31-22)19-9-3-6-15-5-1-2-8-18(15)19/h1-14,28H. The van der Waals surface area contributed by atoms with Gasteiger partial charge in [0.2, 0.25) is 11.6 Å². The average molecular weight is 409 g/mol. The predicted molar refractivity (Wildman–Crippen MR) is 119 cm³/mol. The summed E-state index contributed by atoms with van der Waals surface area (Å²) in [5, 5.41) is 23.2. The maximum atomic E-state index is 11.0. The fraction of sp³-hybridized carbons (Fsp3) is 0. The van der Waals surface area contributed by atoms with Gasteiger partial charge in [-0.25, -0.2) is 4.98 Å². The number of fused-ring (bicyclic) bond motifs is 2. The molecule has 0 aliphatic carbocycles. The SMILES string of the molecule is O=[N+]([O-])c1cccc(C=Nc2ccc3oc(-c4cccc5ccccc45)nc3c2)c1O. The fourth-order valence-electron chi connectivity index (χ4n) is 3.47. The van der Waals surface area contributed by atoms with Crippen LogP contribution in [-0.2, 0) is 0 Å². The third-order valence-electron chi connectivity index (χ3n) is 4.99.